The van der Waals surface area contributed by atoms with Gasteiger partial charge in [0.1, 0.15) is 16.5 Å². The Hall–Kier alpha value is -2.45. The second kappa shape index (κ2) is 7.76. The quantitative estimate of drug-likeness (QED) is 0.765. The Balaban J connectivity index is 1.73. The third-order valence-corrected chi connectivity index (χ3v) is 7.42. The molecule has 8 heteroatoms. The average Bonchev–Trinajstić information content (AvgIpc) is 3.28. The number of ether oxygens (including phenoxy) is 1. The average molecular weight is 418 g/mol. The lowest BCUT2D eigenvalue weighted by Crippen LogP contribution is -2.36. The number of hydrogen-bond donors (Lipinski definition) is 0. The molecule has 2 aromatic carbocycles. The highest BCUT2D eigenvalue weighted by molar-refractivity contribution is 7.89. The zero-order valence-electron chi connectivity index (χ0n) is 16.2. The highest BCUT2D eigenvalue weighted by atomic mass is 32.2. The molecule has 1 fully saturated rings. The van der Waals surface area contributed by atoms with Gasteiger partial charge in [-0.05, 0) is 55.5 Å². The van der Waals surface area contributed by atoms with Gasteiger partial charge in [-0.1, -0.05) is 12.1 Å². The number of halogens is 1. The van der Waals surface area contributed by atoms with Crippen LogP contribution >= 0.6 is 0 Å². The molecule has 29 heavy (non-hydrogen) atoms. The van der Waals surface area contributed by atoms with E-state index in [0.29, 0.717) is 31.1 Å². The highest BCUT2D eigenvalue weighted by Gasteiger charge is 2.32. The van der Waals surface area contributed by atoms with Crippen LogP contribution in [0.15, 0.2) is 41.3 Å². The fourth-order valence-electron chi connectivity index (χ4n) is 4.04. The summed E-state index contributed by atoms with van der Waals surface area (Å²) in [6.07, 6.45) is 3.12. The molecule has 0 aromatic heterocycles. The van der Waals surface area contributed by atoms with Crippen molar-refractivity contribution in [2.45, 2.75) is 30.6 Å². The minimum atomic E-state index is -3.97. The van der Waals surface area contributed by atoms with Crippen molar-refractivity contribution < 1.29 is 22.3 Å². The zero-order valence-corrected chi connectivity index (χ0v) is 17.0. The van der Waals surface area contributed by atoms with E-state index in [9.17, 15) is 17.6 Å². The zero-order chi connectivity index (χ0) is 20.6. The maximum Gasteiger partial charge on any atom is 0.258 e. The molecule has 2 aromatic rings. The molecule has 6 nitrogen and oxygen atoms in total. The molecule has 2 heterocycles. The van der Waals surface area contributed by atoms with Crippen molar-refractivity contribution in [3.05, 3.63) is 53.3 Å². The predicted octanol–water partition coefficient (Wildman–Crippen LogP) is 3.21. The van der Waals surface area contributed by atoms with Gasteiger partial charge < -0.3 is 9.64 Å². The summed E-state index contributed by atoms with van der Waals surface area (Å²) >= 11 is 0. The van der Waals surface area contributed by atoms with Gasteiger partial charge in [0.2, 0.25) is 10.0 Å². The molecule has 0 atom stereocenters. The topological polar surface area (TPSA) is 66.9 Å². The van der Waals surface area contributed by atoms with Crippen LogP contribution in [-0.2, 0) is 16.4 Å². The molecule has 2 aliphatic rings. The number of anilines is 1. The van der Waals surface area contributed by atoms with E-state index in [2.05, 4.69) is 0 Å². The van der Waals surface area contributed by atoms with Gasteiger partial charge in [-0.25, -0.2) is 12.8 Å². The molecular formula is C21H23FN2O4S. The Morgan fingerprint density at radius 3 is 2.55 bits per heavy atom. The number of sulfonamides is 1. The van der Waals surface area contributed by atoms with Crippen LogP contribution in [0, 0.1) is 5.82 Å². The number of para-hydroxylation sites is 1. The van der Waals surface area contributed by atoms with Crippen LogP contribution in [0.2, 0.25) is 0 Å². The fourth-order valence-corrected chi connectivity index (χ4v) is 5.65. The molecule has 0 bridgehead atoms. The maximum atomic E-state index is 14.4. The molecule has 0 spiro atoms. The third-order valence-electron chi connectivity index (χ3n) is 5.51. The van der Waals surface area contributed by atoms with E-state index in [1.54, 1.807) is 18.1 Å². The number of rotatable bonds is 4. The maximum absolute atomic E-state index is 14.4. The summed E-state index contributed by atoms with van der Waals surface area (Å²) in [6.45, 7) is 1.23. The first kappa shape index (κ1) is 19.8. The summed E-state index contributed by atoms with van der Waals surface area (Å²) in [5, 5.41) is 0. The molecule has 0 N–H and O–H groups in total. The minimum absolute atomic E-state index is 0.142. The lowest BCUT2D eigenvalue weighted by atomic mass is 10.00. The summed E-state index contributed by atoms with van der Waals surface area (Å²) in [7, 11) is -2.42. The molecule has 0 radical (unpaired) electrons. The Morgan fingerprint density at radius 2 is 1.83 bits per heavy atom. The van der Waals surface area contributed by atoms with Crippen LogP contribution in [0.25, 0.3) is 0 Å². The number of nitrogens with zero attached hydrogens (tertiary/aromatic N) is 2. The molecule has 1 amide bonds. The van der Waals surface area contributed by atoms with Gasteiger partial charge in [-0.2, -0.15) is 4.31 Å². The number of hydrogen-bond acceptors (Lipinski definition) is 4. The lowest BCUT2D eigenvalue weighted by molar-refractivity contribution is 0.0984. The SMILES string of the molecule is COc1cccc2c1N(C(=O)c1ccc(F)c(S(=O)(=O)N3CCCC3)c1)CCC2. The third kappa shape index (κ3) is 3.51. The van der Waals surface area contributed by atoms with E-state index < -0.39 is 20.7 Å². The van der Waals surface area contributed by atoms with Crippen molar-refractivity contribution in [1.82, 2.24) is 4.31 Å². The number of carbonyl (C=O) groups excluding carboxylic acids is 1. The van der Waals surface area contributed by atoms with Crippen molar-refractivity contribution in [3.63, 3.8) is 0 Å². The number of benzene rings is 2. The summed E-state index contributed by atoms with van der Waals surface area (Å²) in [5.41, 5.74) is 1.83. The van der Waals surface area contributed by atoms with Crippen molar-refractivity contribution in [1.29, 1.82) is 0 Å². The summed E-state index contributed by atoms with van der Waals surface area (Å²) in [6, 6.07) is 9.18. The van der Waals surface area contributed by atoms with Crippen LogP contribution in [-0.4, -0.2) is 45.4 Å². The smallest absolute Gasteiger partial charge is 0.258 e. The van der Waals surface area contributed by atoms with E-state index in [1.165, 1.54) is 10.4 Å². The monoisotopic (exact) mass is 418 g/mol. The van der Waals surface area contributed by atoms with Crippen molar-refractivity contribution in [2.24, 2.45) is 0 Å². The van der Waals surface area contributed by atoms with Gasteiger partial charge in [0.15, 0.2) is 0 Å². The van der Waals surface area contributed by atoms with Gasteiger partial charge >= 0.3 is 0 Å². The molecule has 2 aliphatic heterocycles. The number of amides is 1. The van der Waals surface area contributed by atoms with E-state index in [0.717, 1.165) is 43.4 Å². The fraction of sp³-hybridized carbons (Fsp3) is 0.381. The highest BCUT2D eigenvalue weighted by Crippen LogP contribution is 2.37. The number of carbonyl (C=O) groups is 1. The van der Waals surface area contributed by atoms with Crippen LogP contribution < -0.4 is 9.64 Å². The first-order valence-electron chi connectivity index (χ1n) is 9.71. The van der Waals surface area contributed by atoms with Crippen LogP contribution in [0.4, 0.5) is 10.1 Å². The van der Waals surface area contributed by atoms with Crippen molar-refractivity contribution in [2.75, 3.05) is 31.6 Å². The number of fused-ring (bicyclic) bond motifs is 1. The lowest BCUT2D eigenvalue weighted by Gasteiger charge is -2.31. The first-order valence-corrected chi connectivity index (χ1v) is 11.1. The van der Waals surface area contributed by atoms with Gasteiger partial charge in [-0.3, -0.25) is 4.79 Å². The van der Waals surface area contributed by atoms with E-state index >= 15 is 0 Å². The Bertz CT molecular complexity index is 1030. The van der Waals surface area contributed by atoms with Crippen molar-refractivity contribution >= 4 is 21.6 Å². The molecule has 0 aliphatic carbocycles. The molecule has 0 unspecified atom stereocenters. The summed E-state index contributed by atoms with van der Waals surface area (Å²) in [4.78, 5) is 14.4. The standard InChI is InChI=1S/C21H23FN2O4S/c1-28-18-8-4-6-15-7-5-13-24(20(15)18)21(25)16-9-10-17(22)19(14-16)29(26,27)23-11-2-3-12-23/h4,6,8-10,14H,2-3,5,7,11-13H2,1H3. The molecule has 0 saturated carbocycles. The minimum Gasteiger partial charge on any atom is -0.495 e. The molecule has 1 saturated heterocycles. The van der Waals surface area contributed by atoms with Crippen molar-refractivity contribution in [3.8, 4) is 5.75 Å². The Labute approximate surface area is 169 Å². The van der Waals surface area contributed by atoms with E-state index in [4.69, 9.17) is 4.74 Å². The van der Waals surface area contributed by atoms with Gasteiger partial charge in [0, 0.05) is 25.2 Å². The van der Waals surface area contributed by atoms with Crippen LogP contribution in [0.5, 0.6) is 5.75 Å². The van der Waals surface area contributed by atoms with E-state index in [-0.39, 0.29) is 11.5 Å². The summed E-state index contributed by atoms with van der Waals surface area (Å²) < 4.78 is 46.8. The van der Waals surface area contributed by atoms with E-state index in [1.807, 2.05) is 12.1 Å². The molecule has 4 rings (SSSR count). The first-order chi connectivity index (χ1) is 13.9. The Kier molecular flexibility index (Phi) is 5.31. The van der Waals surface area contributed by atoms with Gasteiger partial charge in [-0.15, -0.1) is 0 Å². The van der Waals surface area contributed by atoms with Gasteiger partial charge in [0.25, 0.3) is 5.91 Å². The summed E-state index contributed by atoms with van der Waals surface area (Å²) in [5.74, 6) is -0.624. The van der Waals surface area contributed by atoms with Gasteiger partial charge in [0.05, 0.1) is 12.8 Å². The Morgan fingerprint density at radius 1 is 1.07 bits per heavy atom. The second-order valence-electron chi connectivity index (χ2n) is 7.28. The predicted molar refractivity (Wildman–Crippen MR) is 107 cm³/mol. The van der Waals surface area contributed by atoms with Crippen LogP contribution in [0.1, 0.15) is 35.2 Å². The number of methoxy groups -OCH3 is 1. The van der Waals surface area contributed by atoms with Crippen LogP contribution in [0.3, 0.4) is 0 Å². The normalized spacial score (nSPS) is 17.2. The number of aryl methyl sites for hydroxylation is 1. The largest absolute Gasteiger partial charge is 0.495 e. The molecule has 154 valence electrons. The molecular weight excluding hydrogens is 395 g/mol. The second-order valence-corrected chi connectivity index (χ2v) is 9.19.